The van der Waals surface area contributed by atoms with Crippen molar-refractivity contribution < 1.29 is 4.42 Å². The van der Waals surface area contributed by atoms with E-state index < -0.39 is 0 Å². The first-order valence-electron chi connectivity index (χ1n) is 4.06. The van der Waals surface area contributed by atoms with Crippen LogP contribution >= 0.6 is 36.2 Å². The average Bonchev–Trinajstić information content (AvgIpc) is 2.75. The summed E-state index contributed by atoms with van der Waals surface area (Å²) < 4.78 is 5.17. The Balaban J connectivity index is 0.000000980. The maximum atomic E-state index is 5.17. The molecule has 2 heterocycles. The van der Waals surface area contributed by atoms with Crippen molar-refractivity contribution in [2.24, 2.45) is 0 Å². The van der Waals surface area contributed by atoms with Crippen LogP contribution in [-0.2, 0) is 13.1 Å². The first-order valence-corrected chi connectivity index (χ1v) is 4.94. The van der Waals surface area contributed by atoms with E-state index in [1.54, 1.807) is 17.6 Å². The zero-order chi connectivity index (χ0) is 8.93. The Morgan fingerprint density at radius 1 is 1.33 bits per heavy atom. The van der Waals surface area contributed by atoms with Gasteiger partial charge >= 0.3 is 0 Å². The van der Waals surface area contributed by atoms with Crippen LogP contribution in [0, 0.1) is 0 Å². The molecule has 0 unspecified atom stereocenters. The summed E-state index contributed by atoms with van der Waals surface area (Å²) in [6, 6.07) is 3.84. The second-order valence-electron chi connectivity index (χ2n) is 2.61. The minimum atomic E-state index is 0. The molecule has 2 aromatic rings. The quantitative estimate of drug-likeness (QED) is 0.925. The van der Waals surface area contributed by atoms with E-state index in [2.05, 4.69) is 10.3 Å². The van der Waals surface area contributed by atoms with Crippen molar-refractivity contribution in [1.82, 2.24) is 10.3 Å². The van der Waals surface area contributed by atoms with E-state index >= 15 is 0 Å². The SMILES string of the molecule is Cl.Cl.c1coc(CNCc2nccs2)c1. The highest BCUT2D eigenvalue weighted by Crippen LogP contribution is 2.04. The zero-order valence-electron chi connectivity index (χ0n) is 7.88. The highest BCUT2D eigenvalue weighted by Gasteiger charge is 1.96. The van der Waals surface area contributed by atoms with Gasteiger partial charge < -0.3 is 9.73 Å². The lowest BCUT2D eigenvalue weighted by Crippen LogP contribution is -2.11. The second-order valence-corrected chi connectivity index (χ2v) is 3.59. The molecule has 3 nitrogen and oxygen atoms in total. The molecule has 15 heavy (non-hydrogen) atoms. The summed E-state index contributed by atoms with van der Waals surface area (Å²) in [7, 11) is 0. The predicted molar refractivity (Wildman–Crippen MR) is 65.9 cm³/mol. The molecule has 2 rings (SSSR count). The Bertz CT molecular complexity index is 303. The summed E-state index contributed by atoms with van der Waals surface area (Å²) in [5.74, 6) is 0.955. The zero-order valence-corrected chi connectivity index (χ0v) is 10.3. The van der Waals surface area contributed by atoms with Gasteiger partial charge in [-0.05, 0) is 12.1 Å². The van der Waals surface area contributed by atoms with E-state index in [1.165, 1.54) is 0 Å². The normalized spacial score (nSPS) is 9.07. The number of thiazole rings is 1. The Morgan fingerprint density at radius 3 is 2.80 bits per heavy atom. The lowest BCUT2D eigenvalue weighted by atomic mass is 10.4. The third-order valence-corrected chi connectivity index (χ3v) is 2.42. The number of rotatable bonds is 4. The van der Waals surface area contributed by atoms with Gasteiger partial charge in [-0.15, -0.1) is 36.2 Å². The van der Waals surface area contributed by atoms with Crippen LogP contribution in [0.2, 0.25) is 0 Å². The average molecular weight is 267 g/mol. The van der Waals surface area contributed by atoms with Crippen molar-refractivity contribution in [3.8, 4) is 0 Å². The molecule has 0 radical (unpaired) electrons. The van der Waals surface area contributed by atoms with Gasteiger partial charge in [-0.1, -0.05) is 0 Å². The van der Waals surface area contributed by atoms with Crippen molar-refractivity contribution in [2.45, 2.75) is 13.1 Å². The van der Waals surface area contributed by atoms with Gasteiger partial charge in [0.25, 0.3) is 0 Å². The minimum absolute atomic E-state index is 0. The molecule has 0 spiro atoms. The molecule has 0 aliphatic heterocycles. The molecule has 0 fully saturated rings. The van der Waals surface area contributed by atoms with Crippen LogP contribution in [0.4, 0.5) is 0 Å². The van der Waals surface area contributed by atoms with Gasteiger partial charge in [0.15, 0.2) is 0 Å². The summed E-state index contributed by atoms with van der Waals surface area (Å²) in [6.45, 7) is 1.56. The highest BCUT2D eigenvalue weighted by atomic mass is 35.5. The molecule has 84 valence electrons. The fourth-order valence-electron chi connectivity index (χ4n) is 1.05. The van der Waals surface area contributed by atoms with E-state index in [4.69, 9.17) is 4.42 Å². The molecule has 0 aliphatic rings. The summed E-state index contributed by atoms with van der Waals surface area (Å²) in [5.41, 5.74) is 0. The van der Waals surface area contributed by atoms with Crippen LogP contribution < -0.4 is 5.32 Å². The summed E-state index contributed by atoms with van der Waals surface area (Å²) in [4.78, 5) is 4.16. The van der Waals surface area contributed by atoms with Gasteiger partial charge in [0.2, 0.25) is 0 Å². The fraction of sp³-hybridized carbons (Fsp3) is 0.222. The second kappa shape index (κ2) is 7.70. The summed E-state index contributed by atoms with van der Waals surface area (Å²) in [6.07, 6.45) is 3.50. The number of hydrogen-bond donors (Lipinski definition) is 1. The molecule has 0 saturated heterocycles. The largest absolute Gasteiger partial charge is 0.468 e. The lowest BCUT2D eigenvalue weighted by molar-refractivity contribution is 0.483. The molecular weight excluding hydrogens is 255 g/mol. The standard InChI is InChI=1S/C9H10N2OS.2ClH/c1-2-8(12-4-1)6-10-7-9-11-3-5-13-9;;/h1-5,10H,6-7H2;2*1H. The van der Waals surface area contributed by atoms with Crippen LogP contribution in [0.15, 0.2) is 34.4 Å². The number of nitrogens with zero attached hydrogens (tertiary/aromatic N) is 1. The van der Waals surface area contributed by atoms with Gasteiger partial charge in [0, 0.05) is 18.1 Å². The van der Waals surface area contributed by atoms with E-state index in [0.29, 0.717) is 0 Å². The maximum Gasteiger partial charge on any atom is 0.117 e. The van der Waals surface area contributed by atoms with Gasteiger partial charge in [-0.25, -0.2) is 4.98 Å². The molecule has 1 N–H and O–H groups in total. The Hall–Kier alpha value is -0.550. The van der Waals surface area contributed by atoms with Gasteiger partial charge in [-0.2, -0.15) is 0 Å². The van der Waals surface area contributed by atoms with Crippen molar-refractivity contribution in [3.63, 3.8) is 0 Å². The molecule has 0 saturated carbocycles. The van der Waals surface area contributed by atoms with Crippen LogP contribution in [-0.4, -0.2) is 4.98 Å². The number of hydrogen-bond acceptors (Lipinski definition) is 4. The Labute approximate surface area is 105 Å². The van der Waals surface area contributed by atoms with E-state index in [0.717, 1.165) is 23.9 Å². The smallest absolute Gasteiger partial charge is 0.117 e. The molecule has 0 aliphatic carbocycles. The molecule has 0 atom stereocenters. The van der Waals surface area contributed by atoms with Gasteiger partial charge in [-0.3, -0.25) is 0 Å². The van der Waals surface area contributed by atoms with Crippen LogP contribution in [0.5, 0.6) is 0 Å². The molecule has 0 bridgehead atoms. The van der Waals surface area contributed by atoms with Crippen molar-refractivity contribution in [1.29, 1.82) is 0 Å². The van der Waals surface area contributed by atoms with E-state index in [9.17, 15) is 0 Å². The third-order valence-electron chi connectivity index (χ3n) is 1.64. The first kappa shape index (κ1) is 14.5. The van der Waals surface area contributed by atoms with Crippen LogP contribution in [0.3, 0.4) is 0 Å². The highest BCUT2D eigenvalue weighted by molar-refractivity contribution is 7.09. The number of halogens is 2. The summed E-state index contributed by atoms with van der Waals surface area (Å²) in [5, 5.41) is 6.32. The van der Waals surface area contributed by atoms with Crippen molar-refractivity contribution in [2.75, 3.05) is 0 Å². The number of nitrogens with one attached hydrogen (secondary N) is 1. The Morgan fingerprint density at radius 2 is 2.20 bits per heavy atom. The van der Waals surface area contributed by atoms with E-state index in [-0.39, 0.29) is 24.8 Å². The Kier molecular flexibility index (Phi) is 7.42. The minimum Gasteiger partial charge on any atom is -0.468 e. The molecular formula is C9H12Cl2N2OS. The monoisotopic (exact) mass is 266 g/mol. The molecule has 0 amide bonds. The summed E-state index contributed by atoms with van der Waals surface area (Å²) >= 11 is 1.66. The fourth-order valence-corrected chi connectivity index (χ4v) is 1.63. The molecule has 2 aromatic heterocycles. The maximum absolute atomic E-state index is 5.17. The third kappa shape index (κ3) is 4.66. The molecule has 6 heteroatoms. The number of aromatic nitrogens is 1. The predicted octanol–water partition coefficient (Wildman–Crippen LogP) is 2.87. The molecule has 0 aromatic carbocycles. The topological polar surface area (TPSA) is 38.1 Å². The van der Waals surface area contributed by atoms with Crippen molar-refractivity contribution in [3.05, 3.63) is 40.7 Å². The lowest BCUT2D eigenvalue weighted by Gasteiger charge is -1.98. The van der Waals surface area contributed by atoms with Gasteiger partial charge in [0.05, 0.1) is 12.8 Å². The number of furan rings is 1. The first-order chi connectivity index (χ1) is 6.45. The van der Waals surface area contributed by atoms with Crippen molar-refractivity contribution >= 4 is 36.2 Å². The van der Waals surface area contributed by atoms with E-state index in [1.807, 2.05) is 23.7 Å². The van der Waals surface area contributed by atoms with Gasteiger partial charge in [0.1, 0.15) is 10.8 Å². The van der Waals surface area contributed by atoms with Crippen LogP contribution in [0.1, 0.15) is 10.8 Å². The van der Waals surface area contributed by atoms with Crippen LogP contribution in [0.25, 0.3) is 0 Å².